The molecule has 1 N–H and O–H groups in total. The van der Waals surface area contributed by atoms with Gasteiger partial charge < -0.3 is 10.2 Å². The van der Waals surface area contributed by atoms with Gasteiger partial charge in [0, 0.05) is 24.2 Å². The highest BCUT2D eigenvalue weighted by Crippen LogP contribution is 2.55. The lowest BCUT2D eigenvalue weighted by Gasteiger charge is -2.24. The van der Waals surface area contributed by atoms with Gasteiger partial charge >= 0.3 is 0 Å². The summed E-state index contributed by atoms with van der Waals surface area (Å²) < 4.78 is 1.73. The van der Waals surface area contributed by atoms with Gasteiger partial charge in [-0.3, -0.25) is 14.3 Å². The van der Waals surface area contributed by atoms with Gasteiger partial charge in [-0.05, 0) is 56.0 Å². The molecule has 0 unspecified atom stereocenters. The van der Waals surface area contributed by atoms with E-state index in [1.807, 2.05) is 30.7 Å². The first-order valence-corrected chi connectivity index (χ1v) is 9.61. The molecule has 2 fully saturated rings. The largest absolute Gasteiger partial charge is 0.325 e. The SMILES string of the molecule is CC(C)n1nccc1C(=O)N1CC2(CC2)C[C@@H]1C(=O)Nc1ccsc1. The third-order valence-electron chi connectivity index (χ3n) is 5.20. The summed E-state index contributed by atoms with van der Waals surface area (Å²) in [6, 6.07) is 3.31. The van der Waals surface area contributed by atoms with Crippen molar-refractivity contribution >= 4 is 28.8 Å². The molecule has 1 atom stereocenters. The highest BCUT2D eigenvalue weighted by Gasteiger charge is 2.55. The maximum absolute atomic E-state index is 13.2. The van der Waals surface area contributed by atoms with E-state index >= 15 is 0 Å². The van der Waals surface area contributed by atoms with Crippen LogP contribution in [-0.2, 0) is 4.79 Å². The molecule has 1 aliphatic carbocycles. The summed E-state index contributed by atoms with van der Waals surface area (Å²) in [5.41, 5.74) is 1.50. The number of hydrogen-bond donors (Lipinski definition) is 1. The van der Waals surface area contributed by atoms with Crippen LogP contribution in [0.15, 0.2) is 29.1 Å². The van der Waals surface area contributed by atoms with Gasteiger partial charge in [0.1, 0.15) is 11.7 Å². The fourth-order valence-electron chi connectivity index (χ4n) is 3.65. The molecule has 1 saturated heterocycles. The predicted molar refractivity (Wildman–Crippen MR) is 96.7 cm³/mol. The molecule has 0 bridgehead atoms. The van der Waals surface area contributed by atoms with Crippen molar-refractivity contribution in [3.8, 4) is 0 Å². The molecule has 6 nitrogen and oxygen atoms in total. The number of carbonyl (C=O) groups is 2. The number of nitrogens with zero attached hydrogens (tertiary/aromatic N) is 3. The van der Waals surface area contributed by atoms with Crippen molar-refractivity contribution in [1.82, 2.24) is 14.7 Å². The molecule has 2 aromatic rings. The first-order valence-electron chi connectivity index (χ1n) is 8.67. The molecule has 0 aromatic carbocycles. The van der Waals surface area contributed by atoms with Gasteiger partial charge in [-0.1, -0.05) is 0 Å². The first-order chi connectivity index (χ1) is 12.0. The minimum Gasteiger partial charge on any atom is -0.325 e. The minimum atomic E-state index is -0.412. The molecular weight excluding hydrogens is 336 g/mol. The lowest BCUT2D eigenvalue weighted by molar-refractivity contribution is -0.119. The summed E-state index contributed by atoms with van der Waals surface area (Å²) in [4.78, 5) is 27.7. The maximum Gasteiger partial charge on any atom is 0.272 e. The Balaban J connectivity index is 1.58. The van der Waals surface area contributed by atoms with Gasteiger partial charge in [-0.2, -0.15) is 16.4 Å². The van der Waals surface area contributed by atoms with Crippen LogP contribution < -0.4 is 5.32 Å². The van der Waals surface area contributed by atoms with Crippen molar-refractivity contribution in [3.05, 3.63) is 34.8 Å². The second-order valence-corrected chi connectivity index (χ2v) is 8.19. The summed E-state index contributed by atoms with van der Waals surface area (Å²) in [6.07, 6.45) is 4.60. The van der Waals surface area contributed by atoms with Crippen molar-refractivity contribution < 1.29 is 9.59 Å². The van der Waals surface area contributed by atoms with E-state index in [4.69, 9.17) is 0 Å². The second-order valence-electron chi connectivity index (χ2n) is 7.41. The average Bonchev–Trinajstić information content (AvgIpc) is 3.02. The highest BCUT2D eigenvalue weighted by atomic mass is 32.1. The Kier molecular flexibility index (Phi) is 3.91. The van der Waals surface area contributed by atoms with Gasteiger partial charge in [0.05, 0.1) is 5.69 Å². The lowest BCUT2D eigenvalue weighted by atomic mass is 10.0. The fraction of sp³-hybridized carbons (Fsp3) is 0.500. The molecular formula is C18H22N4O2S. The number of hydrogen-bond acceptors (Lipinski definition) is 4. The van der Waals surface area contributed by atoms with E-state index in [9.17, 15) is 9.59 Å². The monoisotopic (exact) mass is 358 g/mol. The molecule has 7 heteroatoms. The molecule has 3 heterocycles. The maximum atomic E-state index is 13.2. The third-order valence-corrected chi connectivity index (χ3v) is 5.88. The van der Waals surface area contributed by atoms with Crippen LogP contribution in [0.25, 0.3) is 0 Å². The standard InChI is InChI=1S/C18H22N4O2S/c1-12(2)22-14(3-7-19-22)17(24)21-11-18(5-6-18)9-15(21)16(23)20-13-4-8-25-10-13/h3-4,7-8,10,12,15H,5-6,9,11H2,1-2H3,(H,20,23)/t15-/m1/s1. The van der Waals surface area contributed by atoms with Crippen LogP contribution in [0.5, 0.6) is 0 Å². The number of thiophene rings is 1. The molecule has 4 rings (SSSR count). The molecule has 1 aliphatic heterocycles. The van der Waals surface area contributed by atoms with Crippen LogP contribution in [0.1, 0.15) is 49.6 Å². The summed E-state index contributed by atoms with van der Waals surface area (Å²) in [6.45, 7) is 4.66. The van der Waals surface area contributed by atoms with Crippen LogP contribution in [0.3, 0.4) is 0 Å². The number of likely N-dealkylation sites (tertiary alicyclic amines) is 1. The van der Waals surface area contributed by atoms with E-state index in [0.29, 0.717) is 12.2 Å². The number of carbonyl (C=O) groups excluding carboxylic acids is 2. The van der Waals surface area contributed by atoms with Crippen molar-refractivity contribution in [1.29, 1.82) is 0 Å². The molecule has 25 heavy (non-hydrogen) atoms. The van der Waals surface area contributed by atoms with E-state index in [0.717, 1.165) is 24.9 Å². The van der Waals surface area contributed by atoms with Gasteiger partial charge in [0.2, 0.25) is 5.91 Å². The van der Waals surface area contributed by atoms with Gasteiger partial charge in [0.25, 0.3) is 5.91 Å². The minimum absolute atomic E-state index is 0.0915. The van der Waals surface area contributed by atoms with Gasteiger partial charge in [-0.15, -0.1) is 0 Å². The molecule has 2 aliphatic rings. The zero-order valence-electron chi connectivity index (χ0n) is 14.4. The number of rotatable bonds is 4. The van der Waals surface area contributed by atoms with Crippen LogP contribution in [-0.4, -0.2) is 39.1 Å². The van der Waals surface area contributed by atoms with Crippen LogP contribution in [0.4, 0.5) is 5.69 Å². The average molecular weight is 358 g/mol. The third kappa shape index (κ3) is 2.97. The summed E-state index contributed by atoms with van der Waals surface area (Å²) in [7, 11) is 0. The van der Waals surface area contributed by atoms with Crippen LogP contribution >= 0.6 is 11.3 Å². The van der Waals surface area contributed by atoms with Gasteiger partial charge in [0.15, 0.2) is 0 Å². The fourth-order valence-corrected chi connectivity index (χ4v) is 4.23. The lowest BCUT2D eigenvalue weighted by Crippen LogP contribution is -2.44. The van der Waals surface area contributed by atoms with Gasteiger partial charge in [-0.25, -0.2) is 0 Å². The van der Waals surface area contributed by atoms with Crippen molar-refractivity contribution in [2.75, 3.05) is 11.9 Å². The zero-order chi connectivity index (χ0) is 17.6. The number of amides is 2. The Labute approximate surface area is 150 Å². The number of aromatic nitrogens is 2. The molecule has 2 amide bonds. The topological polar surface area (TPSA) is 67.2 Å². The van der Waals surface area contributed by atoms with Crippen molar-refractivity contribution in [2.45, 2.75) is 45.2 Å². The van der Waals surface area contributed by atoms with E-state index < -0.39 is 6.04 Å². The molecule has 1 spiro atoms. The molecule has 1 saturated carbocycles. The Bertz CT molecular complexity index is 792. The Hall–Kier alpha value is -2.15. The Morgan fingerprint density at radius 3 is 2.80 bits per heavy atom. The Morgan fingerprint density at radius 2 is 2.16 bits per heavy atom. The summed E-state index contributed by atoms with van der Waals surface area (Å²) in [5.74, 6) is -0.188. The summed E-state index contributed by atoms with van der Waals surface area (Å²) in [5, 5.41) is 11.0. The number of anilines is 1. The van der Waals surface area contributed by atoms with Crippen molar-refractivity contribution in [3.63, 3.8) is 0 Å². The molecule has 0 radical (unpaired) electrons. The van der Waals surface area contributed by atoms with Crippen LogP contribution in [0, 0.1) is 5.41 Å². The molecule has 132 valence electrons. The molecule has 2 aromatic heterocycles. The number of nitrogens with one attached hydrogen (secondary N) is 1. The Morgan fingerprint density at radius 1 is 1.36 bits per heavy atom. The summed E-state index contributed by atoms with van der Waals surface area (Å²) >= 11 is 1.54. The normalized spacial score (nSPS) is 21.1. The first kappa shape index (κ1) is 16.3. The van der Waals surface area contributed by atoms with E-state index in [2.05, 4.69) is 10.4 Å². The quantitative estimate of drug-likeness (QED) is 0.913. The van der Waals surface area contributed by atoms with Crippen molar-refractivity contribution in [2.24, 2.45) is 5.41 Å². The van der Waals surface area contributed by atoms with Crippen LogP contribution in [0.2, 0.25) is 0 Å². The van der Waals surface area contributed by atoms with E-state index in [1.165, 1.54) is 11.3 Å². The second kappa shape index (κ2) is 5.98. The smallest absolute Gasteiger partial charge is 0.272 e. The zero-order valence-corrected chi connectivity index (χ0v) is 15.3. The highest BCUT2D eigenvalue weighted by molar-refractivity contribution is 7.08. The van der Waals surface area contributed by atoms with E-state index in [-0.39, 0.29) is 23.3 Å². The van der Waals surface area contributed by atoms with E-state index in [1.54, 1.807) is 21.8 Å². The predicted octanol–water partition coefficient (Wildman–Crippen LogP) is 3.16.